The Balaban J connectivity index is 3.03. The maximum atomic E-state index is 5.87. The first-order valence-corrected chi connectivity index (χ1v) is 4.44. The van der Waals surface area contributed by atoms with E-state index in [1.807, 2.05) is 13.8 Å². The minimum atomic E-state index is 0.0462. The lowest BCUT2D eigenvalue weighted by molar-refractivity contribution is 0.990. The van der Waals surface area contributed by atoms with Crippen molar-refractivity contribution in [1.82, 2.24) is 4.98 Å². The number of hydrogen-bond donors (Lipinski definition) is 0. The fourth-order valence-corrected chi connectivity index (χ4v) is 2.11. The number of nitrogens with zero attached hydrogens (tertiary/aromatic N) is 1. The number of aryl methyl sites for hydroxylation is 2. The Bertz CT molecular complexity index is 230. The molecule has 1 aromatic rings. The molecule has 1 aromatic heterocycles. The van der Waals surface area contributed by atoms with Crippen molar-refractivity contribution in [2.45, 2.75) is 26.1 Å². The molecule has 0 N–H and O–H groups in total. The molecule has 3 heteroatoms. The van der Waals surface area contributed by atoms with E-state index in [1.54, 1.807) is 11.3 Å². The summed E-state index contributed by atoms with van der Waals surface area (Å²) >= 11 is 7.57. The Labute approximate surface area is 70.1 Å². The quantitative estimate of drug-likeness (QED) is 0.598. The molecule has 0 aliphatic heterocycles. The molecule has 1 rings (SSSR count). The summed E-state index contributed by atoms with van der Waals surface area (Å²) in [6, 6.07) is 0. The van der Waals surface area contributed by atoms with Crippen LogP contribution in [0.25, 0.3) is 0 Å². The lowest BCUT2D eigenvalue weighted by atomic mass is 10.3. The normalized spacial score (nSPS) is 13.6. The molecule has 56 valence electrons. The van der Waals surface area contributed by atoms with Gasteiger partial charge in [0.1, 0.15) is 0 Å². The van der Waals surface area contributed by atoms with Gasteiger partial charge in [0.25, 0.3) is 0 Å². The summed E-state index contributed by atoms with van der Waals surface area (Å²) in [4.78, 5) is 5.53. The summed E-state index contributed by atoms with van der Waals surface area (Å²) in [5, 5.41) is 1.14. The number of rotatable bonds is 1. The predicted octanol–water partition coefficient (Wildman–Crippen LogP) is 3.06. The molecule has 0 aliphatic rings. The smallest absolute Gasteiger partial charge is 0.0900 e. The first kappa shape index (κ1) is 8.02. The van der Waals surface area contributed by atoms with Crippen LogP contribution in [0.5, 0.6) is 0 Å². The second kappa shape index (κ2) is 2.89. The van der Waals surface area contributed by atoms with Crippen LogP contribution >= 0.6 is 22.9 Å². The van der Waals surface area contributed by atoms with Gasteiger partial charge < -0.3 is 0 Å². The molecule has 1 nitrogen and oxygen atoms in total. The Kier molecular flexibility index (Phi) is 2.32. The summed E-state index contributed by atoms with van der Waals surface area (Å²) in [6.45, 7) is 6.00. The van der Waals surface area contributed by atoms with E-state index in [9.17, 15) is 0 Å². The van der Waals surface area contributed by atoms with Gasteiger partial charge in [-0.1, -0.05) is 0 Å². The molecule has 0 saturated heterocycles. The van der Waals surface area contributed by atoms with E-state index in [0.717, 1.165) is 10.7 Å². The van der Waals surface area contributed by atoms with Gasteiger partial charge in [-0.25, -0.2) is 4.98 Å². The maximum Gasteiger partial charge on any atom is 0.0900 e. The zero-order chi connectivity index (χ0) is 7.72. The molecule has 0 bridgehead atoms. The molecular formula is C7H10ClNS. The average Bonchev–Trinajstić information content (AvgIpc) is 2.10. The molecule has 0 amide bonds. The molecule has 1 atom stereocenters. The standard InChI is InChI=1S/C7H10ClNS/c1-4(8)7-5(2)10-6(3)9-7/h4H,1-3H3. The highest BCUT2D eigenvalue weighted by Gasteiger charge is 2.08. The third kappa shape index (κ3) is 1.50. The second-order valence-electron chi connectivity index (χ2n) is 2.29. The molecule has 0 spiro atoms. The van der Waals surface area contributed by atoms with Crippen molar-refractivity contribution in [3.8, 4) is 0 Å². The zero-order valence-electron chi connectivity index (χ0n) is 6.31. The zero-order valence-corrected chi connectivity index (χ0v) is 7.88. The van der Waals surface area contributed by atoms with E-state index in [4.69, 9.17) is 11.6 Å². The van der Waals surface area contributed by atoms with Crippen molar-refractivity contribution < 1.29 is 0 Å². The number of alkyl halides is 1. The van der Waals surface area contributed by atoms with Crippen LogP contribution in [0.1, 0.15) is 27.9 Å². The van der Waals surface area contributed by atoms with Crippen molar-refractivity contribution in [2.75, 3.05) is 0 Å². The molecule has 1 heterocycles. The predicted molar refractivity (Wildman–Crippen MR) is 45.9 cm³/mol. The van der Waals surface area contributed by atoms with Crippen LogP contribution in [-0.2, 0) is 0 Å². The van der Waals surface area contributed by atoms with Crippen LogP contribution in [-0.4, -0.2) is 4.98 Å². The number of halogens is 1. The van der Waals surface area contributed by atoms with Crippen molar-refractivity contribution in [2.24, 2.45) is 0 Å². The van der Waals surface area contributed by atoms with Gasteiger partial charge in [-0.05, 0) is 20.8 Å². The SMILES string of the molecule is Cc1nc(C(C)Cl)c(C)s1. The third-order valence-electron chi connectivity index (χ3n) is 1.32. The molecule has 0 radical (unpaired) electrons. The van der Waals surface area contributed by atoms with Crippen LogP contribution in [0.3, 0.4) is 0 Å². The van der Waals surface area contributed by atoms with Crippen molar-refractivity contribution in [3.63, 3.8) is 0 Å². The number of hydrogen-bond acceptors (Lipinski definition) is 2. The largest absolute Gasteiger partial charge is 0.245 e. The summed E-state index contributed by atoms with van der Waals surface area (Å²) in [6.07, 6.45) is 0. The van der Waals surface area contributed by atoms with E-state index in [1.165, 1.54) is 4.88 Å². The van der Waals surface area contributed by atoms with Gasteiger partial charge in [-0.3, -0.25) is 0 Å². The molecule has 10 heavy (non-hydrogen) atoms. The first-order chi connectivity index (χ1) is 4.61. The highest BCUT2D eigenvalue weighted by Crippen LogP contribution is 2.25. The van der Waals surface area contributed by atoms with Gasteiger partial charge in [-0.15, -0.1) is 22.9 Å². The molecule has 1 unspecified atom stereocenters. The van der Waals surface area contributed by atoms with Crippen molar-refractivity contribution in [3.05, 3.63) is 15.6 Å². The lowest BCUT2D eigenvalue weighted by Gasteiger charge is -1.96. The molecule has 0 fully saturated rings. The Morgan fingerprint density at radius 1 is 1.50 bits per heavy atom. The van der Waals surface area contributed by atoms with Crippen molar-refractivity contribution in [1.29, 1.82) is 0 Å². The van der Waals surface area contributed by atoms with E-state index in [0.29, 0.717) is 0 Å². The van der Waals surface area contributed by atoms with Crippen LogP contribution in [0.15, 0.2) is 0 Å². The molecule has 0 aromatic carbocycles. The minimum absolute atomic E-state index is 0.0462. The van der Waals surface area contributed by atoms with Crippen LogP contribution < -0.4 is 0 Å². The monoisotopic (exact) mass is 175 g/mol. The fraction of sp³-hybridized carbons (Fsp3) is 0.571. The topological polar surface area (TPSA) is 12.9 Å². The summed E-state index contributed by atoms with van der Waals surface area (Å²) in [7, 11) is 0. The van der Waals surface area contributed by atoms with Crippen LogP contribution in [0, 0.1) is 13.8 Å². The van der Waals surface area contributed by atoms with Gasteiger partial charge in [0.15, 0.2) is 0 Å². The Hall–Kier alpha value is -0.0800. The van der Waals surface area contributed by atoms with Gasteiger partial charge in [-0.2, -0.15) is 0 Å². The highest BCUT2D eigenvalue weighted by atomic mass is 35.5. The minimum Gasteiger partial charge on any atom is -0.245 e. The lowest BCUT2D eigenvalue weighted by Crippen LogP contribution is -1.86. The Morgan fingerprint density at radius 3 is 2.30 bits per heavy atom. The maximum absolute atomic E-state index is 5.87. The summed E-state index contributed by atoms with van der Waals surface area (Å²) in [5.41, 5.74) is 1.03. The number of thiazole rings is 1. The summed E-state index contributed by atoms with van der Waals surface area (Å²) in [5.74, 6) is 0. The van der Waals surface area contributed by atoms with Gasteiger partial charge in [0.2, 0.25) is 0 Å². The third-order valence-corrected chi connectivity index (χ3v) is 2.42. The summed E-state index contributed by atoms with van der Waals surface area (Å²) < 4.78 is 0. The number of aromatic nitrogens is 1. The van der Waals surface area contributed by atoms with Gasteiger partial charge >= 0.3 is 0 Å². The van der Waals surface area contributed by atoms with E-state index >= 15 is 0 Å². The van der Waals surface area contributed by atoms with E-state index in [-0.39, 0.29) is 5.38 Å². The van der Waals surface area contributed by atoms with Crippen LogP contribution in [0.2, 0.25) is 0 Å². The van der Waals surface area contributed by atoms with E-state index < -0.39 is 0 Å². The van der Waals surface area contributed by atoms with E-state index in [2.05, 4.69) is 11.9 Å². The average molecular weight is 176 g/mol. The van der Waals surface area contributed by atoms with Gasteiger partial charge in [0.05, 0.1) is 16.1 Å². The Morgan fingerprint density at radius 2 is 2.10 bits per heavy atom. The first-order valence-electron chi connectivity index (χ1n) is 3.19. The van der Waals surface area contributed by atoms with Crippen LogP contribution in [0.4, 0.5) is 0 Å². The van der Waals surface area contributed by atoms with Crippen molar-refractivity contribution >= 4 is 22.9 Å². The fourth-order valence-electron chi connectivity index (χ4n) is 0.914. The molecule has 0 aliphatic carbocycles. The molecular weight excluding hydrogens is 166 g/mol. The van der Waals surface area contributed by atoms with Gasteiger partial charge in [0, 0.05) is 4.88 Å². The molecule has 0 saturated carbocycles. The highest BCUT2D eigenvalue weighted by molar-refractivity contribution is 7.11. The second-order valence-corrected chi connectivity index (χ2v) is 4.35.